The summed E-state index contributed by atoms with van der Waals surface area (Å²) in [7, 11) is 0. The number of benzene rings is 1. The predicted molar refractivity (Wildman–Crippen MR) is 82.3 cm³/mol. The third-order valence-corrected chi connectivity index (χ3v) is 4.23. The molecule has 0 fully saturated rings. The number of hydrogen-bond acceptors (Lipinski definition) is 5. The van der Waals surface area contributed by atoms with Crippen molar-refractivity contribution in [2.75, 3.05) is 6.61 Å². The average molecular weight is 367 g/mol. The van der Waals surface area contributed by atoms with E-state index in [1.165, 1.54) is 18.2 Å². The molecule has 0 radical (unpaired) electrons. The molecule has 0 bridgehead atoms. The molecule has 110 valence electrons. The highest BCUT2D eigenvalue weighted by atomic mass is 35.5. The lowest BCUT2D eigenvalue weighted by molar-refractivity contribution is -0.384. The number of thiophene rings is 1. The van der Waals surface area contributed by atoms with Crippen molar-refractivity contribution in [3.05, 3.63) is 53.6 Å². The Bertz CT molecular complexity index is 717. The fourth-order valence-electron chi connectivity index (χ4n) is 1.47. The molecule has 0 saturated heterocycles. The predicted octanol–water partition coefficient (Wildman–Crippen LogP) is 4.88. The zero-order chi connectivity index (χ0) is 15.6. The molecule has 0 aliphatic carbocycles. The van der Waals surface area contributed by atoms with Gasteiger partial charge in [0.25, 0.3) is 5.69 Å². The molecule has 0 saturated carbocycles. The minimum Gasteiger partial charge on any atom is -0.484 e. The second-order valence-corrected chi connectivity index (χ2v) is 6.51. The normalized spacial score (nSPS) is 10.4. The quantitative estimate of drug-likeness (QED) is 0.429. The molecule has 2 aromatic rings. The molecule has 0 amide bonds. The van der Waals surface area contributed by atoms with E-state index >= 15 is 0 Å². The number of hydrogen-bond donors (Lipinski definition) is 0. The van der Waals surface area contributed by atoms with E-state index in [9.17, 15) is 14.9 Å². The minimum atomic E-state index is -0.575. The summed E-state index contributed by atoms with van der Waals surface area (Å²) in [5.74, 6) is -0.189. The molecular formula is C12H6Cl3NO4S. The van der Waals surface area contributed by atoms with Crippen molar-refractivity contribution in [1.82, 2.24) is 0 Å². The number of nitro groups is 1. The summed E-state index contributed by atoms with van der Waals surface area (Å²) in [4.78, 5) is 21.9. The molecule has 0 aliphatic rings. The molecule has 21 heavy (non-hydrogen) atoms. The summed E-state index contributed by atoms with van der Waals surface area (Å²) in [6.07, 6.45) is 0. The summed E-state index contributed by atoms with van der Waals surface area (Å²) in [6, 6.07) is 5.17. The lowest BCUT2D eigenvalue weighted by Gasteiger charge is -2.06. The van der Waals surface area contributed by atoms with E-state index in [0.29, 0.717) is 4.34 Å². The number of nitrogens with zero attached hydrogens (tertiary/aromatic N) is 1. The van der Waals surface area contributed by atoms with E-state index in [1.807, 2.05) is 0 Å². The summed E-state index contributed by atoms with van der Waals surface area (Å²) >= 11 is 18.6. The van der Waals surface area contributed by atoms with Crippen LogP contribution in [0.25, 0.3) is 0 Å². The van der Waals surface area contributed by atoms with Crippen molar-refractivity contribution < 1.29 is 14.5 Å². The van der Waals surface area contributed by atoms with Crippen LogP contribution in [0.2, 0.25) is 13.7 Å². The van der Waals surface area contributed by atoms with E-state index in [4.69, 9.17) is 39.5 Å². The third-order valence-electron chi connectivity index (χ3n) is 2.44. The molecule has 0 atom stereocenters. The molecule has 2 rings (SSSR count). The Balaban J connectivity index is 2.08. The van der Waals surface area contributed by atoms with Gasteiger partial charge in [0.05, 0.1) is 19.8 Å². The van der Waals surface area contributed by atoms with Gasteiger partial charge in [-0.25, -0.2) is 0 Å². The fraction of sp³-hybridized carbons (Fsp3) is 0.0833. The van der Waals surface area contributed by atoms with Crippen LogP contribution < -0.4 is 4.74 Å². The number of ketones is 1. The van der Waals surface area contributed by atoms with E-state index < -0.39 is 4.92 Å². The number of non-ortho nitro benzene ring substituents is 1. The van der Waals surface area contributed by atoms with Gasteiger partial charge in [0.2, 0.25) is 5.78 Å². The molecule has 0 N–H and O–H groups in total. The van der Waals surface area contributed by atoms with Crippen molar-refractivity contribution in [2.45, 2.75) is 0 Å². The maximum Gasteiger partial charge on any atom is 0.271 e. The lowest BCUT2D eigenvalue weighted by Crippen LogP contribution is -2.11. The fourth-order valence-corrected chi connectivity index (χ4v) is 3.20. The summed E-state index contributed by atoms with van der Waals surface area (Å²) in [6.45, 7) is -0.301. The van der Waals surface area contributed by atoms with Gasteiger partial charge < -0.3 is 4.74 Å². The van der Waals surface area contributed by atoms with Gasteiger partial charge >= 0.3 is 0 Å². The first-order valence-corrected chi connectivity index (χ1v) is 7.38. The van der Waals surface area contributed by atoms with Crippen LogP contribution in [0.15, 0.2) is 24.3 Å². The molecule has 1 heterocycles. The molecule has 0 spiro atoms. The molecule has 1 aromatic carbocycles. The van der Waals surface area contributed by atoms with Crippen molar-refractivity contribution in [3.63, 3.8) is 0 Å². The smallest absolute Gasteiger partial charge is 0.271 e. The van der Waals surface area contributed by atoms with E-state index in [0.717, 1.165) is 17.4 Å². The average Bonchev–Trinajstić information content (AvgIpc) is 2.75. The molecule has 5 nitrogen and oxygen atoms in total. The number of rotatable bonds is 5. The van der Waals surface area contributed by atoms with Crippen molar-refractivity contribution in [3.8, 4) is 5.75 Å². The van der Waals surface area contributed by atoms with Crippen LogP contribution in [0.4, 0.5) is 5.69 Å². The SMILES string of the molecule is O=C(COc1ccc([N+](=O)[O-])cc1Cl)c1cc(Cl)sc1Cl. The standard InChI is InChI=1S/C12H6Cl3NO4S/c13-8-3-6(16(18)19)1-2-10(8)20-5-9(17)7-4-11(14)21-12(7)15/h1-4H,5H2. The summed E-state index contributed by atoms with van der Waals surface area (Å²) in [5, 5.41) is 10.6. The Kier molecular flexibility index (Phi) is 5.05. The number of Topliss-reactive ketones (excluding diaryl/α,β-unsaturated/α-hetero) is 1. The van der Waals surface area contributed by atoms with Crippen molar-refractivity contribution in [1.29, 1.82) is 0 Å². The Morgan fingerprint density at radius 3 is 2.52 bits per heavy atom. The minimum absolute atomic E-state index is 0.0476. The first kappa shape index (κ1) is 16.0. The molecular weight excluding hydrogens is 361 g/mol. The molecule has 1 aromatic heterocycles. The van der Waals surface area contributed by atoms with Crippen LogP contribution in [0, 0.1) is 10.1 Å². The van der Waals surface area contributed by atoms with Crippen molar-refractivity contribution in [2.24, 2.45) is 0 Å². The Hall–Kier alpha value is -1.34. The summed E-state index contributed by atoms with van der Waals surface area (Å²) in [5.41, 5.74) is 0.107. The van der Waals surface area contributed by atoms with Crippen LogP contribution in [-0.2, 0) is 0 Å². The van der Waals surface area contributed by atoms with E-state index in [-0.39, 0.29) is 38.7 Å². The second kappa shape index (κ2) is 6.62. The first-order valence-electron chi connectivity index (χ1n) is 5.43. The topological polar surface area (TPSA) is 69.4 Å². The lowest BCUT2D eigenvalue weighted by atomic mass is 10.2. The van der Waals surface area contributed by atoms with Crippen LogP contribution >= 0.6 is 46.1 Å². The molecule has 9 heteroatoms. The maximum absolute atomic E-state index is 11.9. The number of ether oxygens (including phenoxy) is 1. The van der Waals surface area contributed by atoms with Gasteiger partial charge in [-0.2, -0.15) is 0 Å². The van der Waals surface area contributed by atoms with Gasteiger partial charge in [-0.05, 0) is 12.1 Å². The molecule has 0 unspecified atom stereocenters. The van der Waals surface area contributed by atoms with Crippen LogP contribution in [0.3, 0.4) is 0 Å². The monoisotopic (exact) mass is 365 g/mol. The van der Waals surface area contributed by atoms with Gasteiger partial charge in [0.1, 0.15) is 10.1 Å². The zero-order valence-corrected chi connectivity index (χ0v) is 13.2. The van der Waals surface area contributed by atoms with Crippen molar-refractivity contribution >= 4 is 57.6 Å². The van der Waals surface area contributed by atoms with Gasteiger partial charge in [-0.1, -0.05) is 34.8 Å². The highest BCUT2D eigenvalue weighted by Gasteiger charge is 2.16. The Labute approximate surface area is 138 Å². The first-order chi connectivity index (χ1) is 9.88. The van der Waals surface area contributed by atoms with E-state index in [2.05, 4.69) is 0 Å². The van der Waals surface area contributed by atoms with Gasteiger partial charge in [0.15, 0.2) is 6.61 Å². The van der Waals surface area contributed by atoms with Gasteiger partial charge in [0, 0.05) is 12.1 Å². The number of halogens is 3. The van der Waals surface area contributed by atoms with Crippen LogP contribution in [0.1, 0.15) is 10.4 Å². The maximum atomic E-state index is 11.9. The van der Waals surface area contributed by atoms with Gasteiger partial charge in [-0.3, -0.25) is 14.9 Å². The number of nitro benzene ring substituents is 1. The summed E-state index contributed by atoms with van der Waals surface area (Å²) < 4.78 is 5.93. The highest BCUT2D eigenvalue weighted by Crippen LogP contribution is 2.32. The van der Waals surface area contributed by atoms with E-state index in [1.54, 1.807) is 0 Å². The number of carbonyl (C=O) groups excluding carboxylic acids is 1. The number of carbonyl (C=O) groups is 1. The Morgan fingerprint density at radius 1 is 1.29 bits per heavy atom. The highest BCUT2D eigenvalue weighted by molar-refractivity contribution is 7.20. The van der Waals surface area contributed by atoms with Gasteiger partial charge in [-0.15, -0.1) is 11.3 Å². The van der Waals surface area contributed by atoms with Crippen LogP contribution in [0.5, 0.6) is 5.75 Å². The molecule has 0 aliphatic heterocycles. The zero-order valence-electron chi connectivity index (χ0n) is 10.1. The Morgan fingerprint density at radius 2 is 2.00 bits per heavy atom. The third kappa shape index (κ3) is 3.85. The van der Waals surface area contributed by atoms with Crippen LogP contribution in [-0.4, -0.2) is 17.3 Å². The second-order valence-electron chi connectivity index (χ2n) is 3.82. The largest absolute Gasteiger partial charge is 0.484 e.